The van der Waals surface area contributed by atoms with Crippen LogP contribution in [-0.2, 0) is 9.47 Å². The molecule has 3 aromatic carbocycles. The molecule has 7 nitrogen and oxygen atoms in total. The first kappa shape index (κ1) is 26.1. The Morgan fingerprint density at radius 3 is 2.38 bits per heavy atom. The molecular weight excluding hydrogens is 468 g/mol. The molecule has 0 spiro atoms. The van der Waals surface area contributed by atoms with Gasteiger partial charge in [0.2, 0.25) is 0 Å². The lowest BCUT2D eigenvalue weighted by Gasteiger charge is -2.29. The Morgan fingerprint density at radius 1 is 0.973 bits per heavy atom. The van der Waals surface area contributed by atoms with Gasteiger partial charge in [0, 0.05) is 13.1 Å². The molecule has 37 heavy (non-hydrogen) atoms. The van der Waals surface area contributed by atoms with Gasteiger partial charge in [-0.3, -0.25) is 0 Å². The van der Waals surface area contributed by atoms with Crippen molar-refractivity contribution in [1.29, 1.82) is 0 Å². The fourth-order valence-corrected chi connectivity index (χ4v) is 4.30. The summed E-state index contributed by atoms with van der Waals surface area (Å²) in [6.45, 7) is 6.89. The lowest BCUT2D eigenvalue weighted by molar-refractivity contribution is 0.0235. The zero-order valence-corrected chi connectivity index (χ0v) is 21.8. The molecule has 1 saturated heterocycles. The lowest BCUT2D eigenvalue weighted by atomic mass is 10.0. The van der Waals surface area contributed by atoms with E-state index < -0.39 is 11.6 Å². The molecule has 1 N–H and O–H groups in total. The minimum Gasteiger partial charge on any atom is -0.465 e. The Morgan fingerprint density at radius 2 is 1.70 bits per heavy atom. The maximum Gasteiger partial charge on any atom is 0.410 e. The van der Waals surface area contributed by atoms with Crippen molar-refractivity contribution >= 4 is 17.7 Å². The monoisotopic (exact) mass is 502 g/mol. The molecule has 0 radical (unpaired) electrons. The highest BCUT2D eigenvalue weighted by Gasteiger charge is 2.32. The van der Waals surface area contributed by atoms with Gasteiger partial charge < -0.3 is 24.4 Å². The molecule has 0 saturated carbocycles. The van der Waals surface area contributed by atoms with E-state index in [2.05, 4.69) is 17.4 Å². The molecular formula is C30H34N2O5. The van der Waals surface area contributed by atoms with Crippen LogP contribution in [-0.4, -0.2) is 48.8 Å². The summed E-state index contributed by atoms with van der Waals surface area (Å²) in [7, 11) is 1.36. The van der Waals surface area contributed by atoms with Crippen molar-refractivity contribution in [3.8, 4) is 22.6 Å². The molecule has 7 heteroatoms. The van der Waals surface area contributed by atoms with Crippen molar-refractivity contribution in [2.45, 2.75) is 45.3 Å². The van der Waals surface area contributed by atoms with Gasteiger partial charge in [0.05, 0.1) is 24.4 Å². The third-order valence-corrected chi connectivity index (χ3v) is 6.13. The van der Waals surface area contributed by atoms with E-state index in [-0.39, 0.29) is 12.1 Å². The number of esters is 1. The van der Waals surface area contributed by atoms with E-state index in [0.29, 0.717) is 30.2 Å². The zero-order valence-electron chi connectivity index (χ0n) is 21.8. The van der Waals surface area contributed by atoms with E-state index in [1.807, 2.05) is 62.1 Å². The summed E-state index contributed by atoms with van der Waals surface area (Å²) in [5.74, 6) is 0.845. The van der Waals surface area contributed by atoms with Crippen molar-refractivity contribution < 1.29 is 23.8 Å². The first-order valence-corrected chi connectivity index (χ1v) is 12.5. The number of rotatable bonds is 7. The highest BCUT2D eigenvalue weighted by molar-refractivity contribution is 5.89. The normalized spacial score (nSPS) is 15.2. The predicted octanol–water partition coefficient (Wildman–Crippen LogP) is 6.74. The maximum absolute atomic E-state index is 12.7. The summed E-state index contributed by atoms with van der Waals surface area (Å²) in [5, 5.41) is 3.49. The zero-order chi connectivity index (χ0) is 26.4. The molecule has 194 valence electrons. The molecule has 4 rings (SSSR count). The summed E-state index contributed by atoms with van der Waals surface area (Å²) in [4.78, 5) is 26.3. The number of amides is 1. The van der Waals surface area contributed by atoms with Gasteiger partial charge in [0.1, 0.15) is 11.4 Å². The van der Waals surface area contributed by atoms with Crippen LogP contribution in [0.2, 0.25) is 0 Å². The van der Waals surface area contributed by atoms with Gasteiger partial charge in [-0.25, -0.2) is 9.59 Å². The van der Waals surface area contributed by atoms with E-state index >= 15 is 0 Å². The second-order valence-electron chi connectivity index (χ2n) is 10.0. The van der Waals surface area contributed by atoms with Crippen LogP contribution in [0.3, 0.4) is 0 Å². The number of nitrogens with zero attached hydrogens (tertiary/aromatic N) is 1. The minimum atomic E-state index is -0.532. The molecule has 0 aliphatic carbocycles. The van der Waals surface area contributed by atoms with Crippen molar-refractivity contribution in [3.05, 3.63) is 78.4 Å². The Hall–Kier alpha value is -4.00. The van der Waals surface area contributed by atoms with Crippen molar-refractivity contribution in [2.75, 3.05) is 25.5 Å². The van der Waals surface area contributed by atoms with Gasteiger partial charge in [-0.15, -0.1) is 0 Å². The molecule has 0 unspecified atom stereocenters. The lowest BCUT2D eigenvalue weighted by Crippen LogP contribution is -2.42. The Balaban J connectivity index is 1.55. The number of carbonyl (C=O) groups excluding carboxylic acids is 2. The van der Waals surface area contributed by atoms with E-state index in [0.717, 1.165) is 29.7 Å². The van der Waals surface area contributed by atoms with Crippen LogP contribution in [0.15, 0.2) is 72.8 Å². The highest BCUT2D eigenvalue weighted by Crippen LogP contribution is 2.35. The number of ether oxygens (including phenoxy) is 3. The topological polar surface area (TPSA) is 77.1 Å². The van der Waals surface area contributed by atoms with Crippen LogP contribution < -0.4 is 10.1 Å². The van der Waals surface area contributed by atoms with Gasteiger partial charge in [-0.05, 0) is 81.1 Å². The first-order chi connectivity index (χ1) is 17.7. The second-order valence-corrected chi connectivity index (χ2v) is 10.0. The van der Waals surface area contributed by atoms with E-state index in [4.69, 9.17) is 14.2 Å². The standard InChI is InChI=1S/C30H34N2O5/c1-30(2,3)37-29(34)32-18-8-11-24(32)20-31-26-17-14-23(21-9-6-5-7-10-21)19-27(26)36-25-15-12-22(13-16-25)28(33)35-4/h5-7,9-10,12-17,19,24,31H,8,11,18,20H2,1-4H3/t24-/m0/s1. The minimum absolute atomic E-state index is 0.0239. The average Bonchev–Trinajstić information content (AvgIpc) is 3.36. The molecule has 1 atom stereocenters. The van der Waals surface area contributed by atoms with Crippen LogP contribution in [0.25, 0.3) is 11.1 Å². The molecule has 1 aliphatic rings. The molecule has 1 fully saturated rings. The SMILES string of the molecule is COC(=O)c1ccc(Oc2cc(-c3ccccc3)ccc2NC[C@@H]2CCCN2C(=O)OC(C)(C)C)cc1. The Bertz CT molecular complexity index is 1220. The number of methoxy groups -OCH3 is 1. The Labute approximate surface area is 218 Å². The molecule has 1 aliphatic heterocycles. The van der Waals surface area contributed by atoms with Crippen LogP contribution in [0.4, 0.5) is 10.5 Å². The second kappa shape index (κ2) is 11.4. The number of hydrogen-bond donors (Lipinski definition) is 1. The number of benzene rings is 3. The van der Waals surface area contributed by atoms with Crippen LogP contribution >= 0.6 is 0 Å². The van der Waals surface area contributed by atoms with Crippen LogP contribution in [0.1, 0.15) is 44.0 Å². The van der Waals surface area contributed by atoms with Crippen molar-refractivity contribution in [1.82, 2.24) is 4.90 Å². The van der Waals surface area contributed by atoms with E-state index in [9.17, 15) is 9.59 Å². The fraction of sp³-hybridized carbons (Fsp3) is 0.333. The van der Waals surface area contributed by atoms with Crippen LogP contribution in [0, 0.1) is 0 Å². The van der Waals surface area contributed by atoms with Gasteiger partial charge in [-0.2, -0.15) is 0 Å². The molecule has 1 amide bonds. The van der Waals surface area contributed by atoms with Gasteiger partial charge in [-0.1, -0.05) is 36.4 Å². The third kappa shape index (κ3) is 6.82. The number of carbonyl (C=O) groups is 2. The summed E-state index contributed by atoms with van der Waals surface area (Å²) in [5.41, 5.74) is 2.83. The molecule has 0 aromatic heterocycles. The fourth-order valence-electron chi connectivity index (χ4n) is 4.30. The predicted molar refractivity (Wildman–Crippen MR) is 144 cm³/mol. The van der Waals surface area contributed by atoms with Gasteiger partial charge >= 0.3 is 12.1 Å². The summed E-state index contributed by atoms with van der Waals surface area (Å²) >= 11 is 0. The summed E-state index contributed by atoms with van der Waals surface area (Å²) in [6, 6.07) is 23.0. The van der Waals surface area contributed by atoms with E-state index in [1.54, 1.807) is 24.3 Å². The third-order valence-electron chi connectivity index (χ3n) is 6.13. The maximum atomic E-state index is 12.7. The molecule has 1 heterocycles. The van der Waals surface area contributed by atoms with Crippen molar-refractivity contribution in [2.24, 2.45) is 0 Å². The summed E-state index contributed by atoms with van der Waals surface area (Å²) in [6.07, 6.45) is 1.56. The quantitative estimate of drug-likeness (QED) is 0.360. The number of likely N-dealkylation sites (tertiary alicyclic amines) is 1. The van der Waals surface area contributed by atoms with Gasteiger partial charge in [0.15, 0.2) is 5.75 Å². The average molecular weight is 503 g/mol. The Kier molecular flexibility index (Phi) is 8.01. The highest BCUT2D eigenvalue weighted by atomic mass is 16.6. The van der Waals surface area contributed by atoms with Gasteiger partial charge in [0.25, 0.3) is 0 Å². The molecule has 3 aromatic rings. The van der Waals surface area contributed by atoms with E-state index in [1.165, 1.54) is 7.11 Å². The van der Waals surface area contributed by atoms with Crippen molar-refractivity contribution in [3.63, 3.8) is 0 Å². The number of hydrogen-bond acceptors (Lipinski definition) is 6. The number of nitrogens with one attached hydrogen (secondary N) is 1. The number of anilines is 1. The summed E-state index contributed by atoms with van der Waals surface area (Å²) < 4.78 is 16.7. The largest absolute Gasteiger partial charge is 0.465 e. The smallest absolute Gasteiger partial charge is 0.410 e. The molecule has 0 bridgehead atoms. The van der Waals surface area contributed by atoms with Crippen LogP contribution in [0.5, 0.6) is 11.5 Å². The first-order valence-electron chi connectivity index (χ1n) is 12.5.